The molecule has 1 unspecified atom stereocenters. The van der Waals surface area contributed by atoms with Crippen molar-refractivity contribution in [3.63, 3.8) is 0 Å². The van der Waals surface area contributed by atoms with Crippen molar-refractivity contribution in [2.75, 3.05) is 20.3 Å². The van der Waals surface area contributed by atoms with Crippen molar-refractivity contribution in [2.24, 2.45) is 11.8 Å². The Hall–Kier alpha value is -2.56. The molecule has 0 aliphatic heterocycles. The molecule has 152 valence electrons. The Balaban J connectivity index is 1.99. The zero-order valence-corrected chi connectivity index (χ0v) is 16.8. The van der Waals surface area contributed by atoms with Gasteiger partial charge in [0.25, 0.3) is 0 Å². The van der Waals surface area contributed by atoms with Gasteiger partial charge in [-0.2, -0.15) is 0 Å². The number of ether oxygens (including phenoxy) is 3. The molecule has 0 heterocycles. The average molecular weight is 386 g/mol. The highest BCUT2D eigenvalue weighted by atomic mass is 16.5. The van der Waals surface area contributed by atoms with Crippen LogP contribution in [0.4, 0.5) is 0 Å². The fourth-order valence-corrected chi connectivity index (χ4v) is 3.66. The molecule has 2 rings (SSSR count). The van der Waals surface area contributed by atoms with Gasteiger partial charge in [0.05, 0.1) is 19.6 Å². The minimum absolute atomic E-state index is 0.209. The maximum absolute atomic E-state index is 12.5. The van der Waals surface area contributed by atoms with Crippen molar-refractivity contribution >= 4 is 11.9 Å². The quantitative estimate of drug-likeness (QED) is 0.357. The minimum Gasteiger partial charge on any atom is -0.490 e. The number of hydrogen-bond donors (Lipinski definition) is 0. The van der Waals surface area contributed by atoms with E-state index in [2.05, 4.69) is 13.2 Å². The molecular weight excluding hydrogens is 356 g/mol. The average Bonchev–Trinajstić information content (AvgIpc) is 2.72. The lowest BCUT2D eigenvalue weighted by molar-refractivity contribution is -0.144. The second-order valence-corrected chi connectivity index (χ2v) is 7.33. The summed E-state index contributed by atoms with van der Waals surface area (Å²) in [6.07, 6.45) is 5.31. The molecule has 0 spiro atoms. The lowest BCUT2D eigenvalue weighted by Crippen LogP contribution is -2.28. The number of carbonyl (C=O) groups is 2. The fourth-order valence-electron chi connectivity index (χ4n) is 3.66. The monoisotopic (exact) mass is 386 g/mol. The third kappa shape index (κ3) is 5.98. The third-order valence-electron chi connectivity index (χ3n) is 5.22. The Morgan fingerprint density at radius 1 is 1.18 bits per heavy atom. The van der Waals surface area contributed by atoms with Crippen molar-refractivity contribution in [2.45, 2.75) is 38.5 Å². The van der Waals surface area contributed by atoms with Crippen LogP contribution in [0, 0.1) is 11.8 Å². The first-order valence-corrected chi connectivity index (χ1v) is 9.70. The Morgan fingerprint density at radius 3 is 2.36 bits per heavy atom. The zero-order valence-electron chi connectivity index (χ0n) is 16.8. The number of carbonyl (C=O) groups excluding carboxylic acids is 2. The smallest absolute Gasteiger partial charge is 0.333 e. The van der Waals surface area contributed by atoms with Gasteiger partial charge >= 0.3 is 11.9 Å². The van der Waals surface area contributed by atoms with Crippen molar-refractivity contribution in [1.29, 1.82) is 0 Å². The van der Waals surface area contributed by atoms with Gasteiger partial charge in [-0.3, -0.25) is 4.79 Å². The molecule has 0 aromatic heterocycles. The Morgan fingerprint density at radius 2 is 1.82 bits per heavy atom. The predicted molar refractivity (Wildman–Crippen MR) is 108 cm³/mol. The molecule has 1 aromatic carbocycles. The largest absolute Gasteiger partial charge is 0.490 e. The van der Waals surface area contributed by atoms with Crippen LogP contribution in [0.3, 0.4) is 0 Å². The molecule has 1 saturated carbocycles. The molecular formula is C23H30O5. The SMILES string of the molecule is C=CCOc1ccc(C(C(=O)OC)[C@H]2CC[C@H](COC(=O)C(=C)C)CC2)cc1. The van der Waals surface area contributed by atoms with Gasteiger partial charge < -0.3 is 14.2 Å². The van der Waals surface area contributed by atoms with Gasteiger partial charge in [0, 0.05) is 5.57 Å². The molecule has 0 bridgehead atoms. The topological polar surface area (TPSA) is 61.8 Å². The van der Waals surface area contributed by atoms with Crippen LogP contribution in [0.5, 0.6) is 5.75 Å². The summed E-state index contributed by atoms with van der Waals surface area (Å²) in [7, 11) is 1.43. The van der Waals surface area contributed by atoms with Crippen molar-refractivity contribution in [1.82, 2.24) is 0 Å². The predicted octanol–water partition coefficient (Wildman–Crippen LogP) is 4.43. The van der Waals surface area contributed by atoms with E-state index >= 15 is 0 Å². The summed E-state index contributed by atoms with van der Waals surface area (Å²) in [6.45, 7) is 9.74. The molecule has 5 nitrogen and oxygen atoms in total. The fraction of sp³-hybridized carbons (Fsp3) is 0.478. The summed E-state index contributed by atoms with van der Waals surface area (Å²) >= 11 is 0. The summed E-state index contributed by atoms with van der Waals surface area (Å²) in [5, 5.41) is 0. The molecule has 28 heavy (non-hydrogen) atoms. The van der Waals surface area contributed by atoms with Crippen LogP contribution in [-0.2, 0) is 19.1 Å². The standard InChI is InChI=1S/C23H30O5/c1-5-14-27-20-12-10-19(11-13-20)21(23(25)26-4)18-8-6-17(7-9-18)15-28-22(24)16(2)3/h5,10-13,17-18,21H,1-2,6-9,14-15H2,3-4H3/t17-,18-,21?. The Bertz CT molecular complexity index is 683. The minimum atomic E-state index is -0.340. The van der Waals surface area contributed by atoms with Gasteiger partial charge in [-0.1, -0.05) is 31.4 Å². The number of benzene rings is 1. The number of methoxy groups -OCH3 is 1. The van der Waals surface area contributed by atoms with Crippen LogP contribution < -0.4 is 4.74 Å². The third-order valence-corrected chi connectivity index (χ3v) is 5.22. The number of rotatable bonds is 9. The van der Waals surface area contributed by atoms with Gasteiger partial charge in [-0.05, 0) is 62.1 Å². The van der Waals surface area contributed by atoms with E-state index in [1.165, 1.54) is 7.11 Å². The van der Waals surface area contributed by atoms with Gasteiger partial charge in [0.15, 0.2) is 0 Å². The van der Waals surface area contributed by atoms with Gasteiger partial charge in [0.2, 0.25) is 0 Å². The van der Waals surface area contributed by atoms with Crippen molar-refractivity contribution < 1.29 is 23.8 Å². The van der Waals surface area contributed by atoms with Gasteiger partial charge in [0.1, 0.15) is 12.4 Å². The van der Waals surface area contributed by atoms with Crippen LogP contribution in [0.2, 0.25) is 0 Å². The highest BCUT2D eigenvalue weighted by Crippen LogP contribution is 2.39. The summed E-state index contributed by atoms with van der Waals surface area (Å²) in [5.41, 5.74) is 1.36. The van der Waals surface area contributed by atoms with Gasteiger partial charge in [-0.25, -0.2) is 4.79 Å². The van der Waals surface area contributed by atoms with Crippen molar-refractivity contribution in [3.05, 3.63) is 54.6 Å². The number of esters is 2. The van der Waals surface area contributed by atoms with E-state index in [1.54, 1.807) is 13.0 Å². The number of hydrogen-bond acceptors (Lipinski definition) is 5. The molecule has 1 fully saturated rings. The van der Waals surface area contributed by atoms with E-state index in [4.69, 9.17) is 14.2 Å². The van der Waals surface area contributed by atoms with Gasteiger partial charge in [-0.15, -0.1) is 0 Å². The molecule has 0 N–H and O–H groups in total. The lowest BCUT2D eigenvalue weighted by Gasteiger charge is -2.32. The lowest BCUT2D eigenvalue weighted by atomic mass is 9.73. The second kappa shape index (κ2) is 10.7. The molecule has 5 heteroatoms. The maximum atomic E-state index is 12.5. The van der Waals surface area contributed by atoms with E-state index < -0.39 is 0 Å². The Kier molecular flexibility index (Phi) is 8.30. The highest BCUT2D eigenvalue weighted by molar-refractivity contribution is 5.86. The summed E-state index contributed by atoms with van der Waals surface area (Å²) < 4.78 is 15.9. The summed E-state index contributed by atoms with van der Waals surface area (Å²) in [4.78, 5) is 24.1. The highest BCUT2D eigenvalue weighted by Gasteiger charge is 2.34. The van der Waals surface area contributed by atoms with E-state index in [-0.39, 0.29) is 23.8 Å². The molecule has 1 aliphatic rings. The summed E-state index contributed by atoms with van der Waals surface area (Å²) in [5.74, 6) is 0.436. The normalized spacial score (nSPS) is 19.9. The van der Waals surface area contributed by atoms with Crippen LogP contribution in [0.25, 0.3) is 0 Å². The van der Waals surface area contributed by atoms with E-state index in [0.29, 0.717) is 24.7 Å². The van der Waals surface area contributed by atoms with E-state index in [0.717, 1.165) is 37.0 Å². The summed E-state index contributed by atoms with van der Waals surface area (Å²) in [6, 6.07) is 7.61. The molecule has 1 aliphatic carbocycles. The van der Waals surface area contributed by atoms with E-state index in [1.807, 2.05) is 24.3 Å². The molecule has 0 saturated heterocycles. The van der Waals surface area contributed by atoms with E-state index in [9.17, 15) is 9.59 Å². The zero-order chi connectivity index (χ0) is 20.5. The van der Waals surface area contributed by atoms with Crippen molar-refractivity contribution in [3.8, 4) is 5.75 Å². The maximum Gasteiger partial charge on any atom is 0.333 e. The van der Waals surface area contributed by atoms with Crippen LogP contribution in [0.1, 0.15) is 44.1 Å². The first-order valence-electron chi connectivity index (χ1n) is 9.70. The molecule has 0 radical (unpaired) electrons. The van der Waals surface area contributed by atoms with Crippen LogP contribution in [-0.4, -0.2) is 32.3 Å². The van der Waals surface area contributed by atoms with Crippen LogP contribution >= 0.6 is 0 Å². The first-order chi connectivity index (χ1) is 13.5. The first kappa shape index (κ1) is 21.7. The van der Waals surface area contributed by atoms with Crippen LogP contribution in [0.15, 0.2) is 49.1 Å². The Labute approximate surface area is 167 Å². The molecule has 0 amide bonds. The molecule has 1 aromatic rings. The molecule has 1 atom stereocenters. The second-order valence-electron chi connectivity index (χ2n) is 7.33.